The number of amides is 1. The third-order valence-corrected chi connectivity index (χ3v) is 5.26. The van der Waals surface area contributed by atoms with E-state index in [2.05, 4.69) is 10.6 Å². The number of rotatable bonds is 4. The fourth-order valence-corrected chi connectivity index (χ4v) is 3.85. The first-order valence-electron chi connectivity index (χ1n) is 7.89. The molecule has 114 valence electrons. The van der Waals surface area contributed by atoms with Crippen molar-refractivity contribution in [2.24, 2.45) is 5.92 Å². The lowest BCUT2D eigenvalue weighted by Gasteiger charge is -2.26. The van der Waals surface area contributed by atoms with Gasteiger partial charge in [-0.05, 0) is 25.2 Å². The molecule has 1 saturated carbocycles. The minimum absolute atomic E-state index is 0.0145. The van der Waals surface area contributed by atoms with Gasteiger partial charge < -0.3 is 20.1 Å². The van der Waals surface area contributed by atoms with Gasteiger partial charge in [-0.1, -0.05) is 12.8 Å². The van der Waals surface area contributed by atoms with Crippen molar-refractivity contribution in [1.82, 2.24) is 10.6 Å². The minimum Gasteiger partial charge on any atom is -0.378 e. The Morgan fingerprint density at radius 3 is 3.00 bits per heavy atom. The van der Waals surface area contributed by atoms with Gasteiger partial charge in [0.05, 0.1) is 12.6 Å². The van der Waals surface area contributed by atoms with E-state index in [-0.39, 0.29) is 17.6 Å². The molecule has 0 bridgehead atoms. The van der Waals surface area contributed by atoms with Crippen molar-refractivity contribution < 1.29 is 14.3 Å². The van der Waals surface area contributed by atoms with Crippen LogP contribution in [0, 0.1) is 5.92 Å². The van der Waals surface area contributed by atoms with Crippen LogP contribution in [0.25, 0.3) is 0 Å². The number of fused-ring (bicyclic) bond motifs is 1. The molecule has 5 nitrogen and oxygen atoms in total. The smallest absolute Gasteiger partial charge is 0.237 e. The molecule has 3 fully saturated rings. The molecule has 2 aliphatic heterocycles. The van der Waals surface area contributed by atoms with Gasteiger partial charge in [-0.2, -0.15) is 0 Å². The largest absolute Gasteiger partial charge is 0.378 e. The van der Waals surface area contributed by atoms with Gasteiger partial charge in [-0.25, -0.2) is 0 Å². The third kappa shape index (κ3) is 2.85. The highest BCUT2D eigenvalue weighted by Crippen LogP contribution is 2.33. The normalized spacial score (nSPS) is 40.5. The fourth-order valence-electron chi connectivity index (χ4n) is 3.85. The second-order valence-corrected chi connectivity index (χ2v) is 6.51. The molecule has 2 saturated heterocycles. The van der Waals surface area contributed by atoms with E-state index < -0.39 is 0 Å². The zero-order chi connectivity index (χ0) is 14.0. The van der Waals surface area contributed by atoms with Gasteiger partial charge in [0.15, 0.2) is 0 Å². The number of methoxy groups -OCH3 is 1. The summed E-state index contributed by atoms with van der Waals surface area (Å²) in [6, 6.07) is 0.546. The van der Waals surface area contributed by atoms with Crippen molar-refractivity contribution >= 4 is 5.91 Å². The Balaban J connectivity index is 1.50. The van der Waals surface area contributed by atoms with Crippen molar-refractivity contribution in [2.75, 3.05) is 26.9 Å². The van der Waals surface area contributed by atoms with E-state index in [9.17, 15) is 4.79 Å². The minimum atomic E-state index is -0.318. The lowest BCUT2D eigenvalue weighted by atomic mass is 9.85. The highest BCUT2D eigenvalue weighted by molar-refractivity contribution is 5.82. The zero-order valence-electron chi connectivity index (χ0n) is 12.3. The standard InChI is InChI=1S/C15H26N2O3/c1-19-15(6-7-20-10-15)9-16-14(18)13-8-11-4-2-3-5-12(11)17-13/h11-13,17H,2-10H2,1H3,(H,16,18). The van der Waals surface area contributed by atoms with Crippen molar-refractivity contribution in [3.05, 3.63) is 0 Å². The molecule has 4 atom stereocenters. The van der Waals surface area contributed by atoms with Crippen molar-refractivity contribution in [3.8, 4) is 0 Å². The Bertz CT molecular complexity index is 341. The van der Waals surface area contributed by atoms with Gasteiger partial charge in [-0.3, -0.25) is 4.79 Å². The van der Waals surface area contributed by atoms with Crippen LogP contribution in [0.5, 0.6) is 0 Å². The van der Waals surface area contributed by atoms with Crippen LogP contribution in [-0.4, -0.2) is 50.5 Å². The van der Waals surface area contributed by atoms with E-state index >= 15 is 0 Å². The van der Waals surface area contributed by atoms with Crippen LogP contribution in [0.4, 0.5) is 0 Å². The molecule has 0 spiro atoms. The van der Waals surface area contributed by atoms with E-state index in [1.807, 2.05) is 0 Å². The molecule has 0 aromatic carbocycles. The summed E-state index contributed by atoms with van der Waals surface area (Å²) < 4.78 is 10.9. The molecule has 0 aromatic heterocycles. The fraction of sp³-hybridized carbons (Fsp3) is 0.933. The number of ether oxygens (including phenoxy) is 2. The van der Waals surface area contributed by atoms with Crippen LogP contribution in [0.3, 0.4) is 0 Å². The second kappa shape index (κ2) is 6.00. The molecule has 4 unspecified atom stereocenters. The average molecular weight is 282 g/mol. The van der Waals surface area contributed by atoms with Gasteiger partial charge in [0.1, 0.15) is 5.60 Å². The summed E-state index contributed by atoms with van der Waals surface area (Å²) in [5.41, 5.74) is -0.318. The van der Waals surface area contributed by atoms with Gasteiger partial charge >= 0.3 is 0 Å². The predicted molar refractivity (Wildman–Crippen MR) is 75.5 cm³/mol. The number of nitrogens with one attached hydrogen (secondary N) is 2. The number of hydrogen-bond acceptors (Lipinski definition) is 4. The summed E-state index contributed by atoms with van der Waals surface area (Å²) >= 11 is 0. The van der Waals surface area contributed by atoms with Crippen LogP contribution in [0.2, 0.25) is 0 Å². The first kappa shape index (κ1) is 14.3. The van der Waals surface area contributed by atoms with Gasteiger partial charge in [0.2, 0.25) is 5.91 Å². The van der Waals surface area contributed by atoms with Gasteiger partial charge in [-0.15, -0.1) is 0 Å². The molecule has 5 heteroatoms. The molecule has 3 rings (SSSR count). The highest BCUT2D eigenvalue weighted by atomic mass is 16.5. The molecule has 3 aliphatic rings. The van der Waals surface area contributed by atoms with E-state index in [0.717, 1.165) is 19.4 Å². The molecule has 2 N–H and O–H groups in total. The summed E-state index contributed by atoms with van der Waals surface area (Å²) in [5.74, 6) is 0.827. The Hall–Kier alpha value is -0.650. The molecule has 20 heavy (non-hydrogen) atoms. The first-order chi connectivity index (χ1) is 9.72. The quantitative estimate of drug-likeness (QED) is 0.802. The van der Waals surface area contributed by atoms with Gasteiger partial charge in [0.25, 0.3) is 0 Å². The maximum Gasteiger partial charge on any atom is 0.237 e. The van der Waals surface area contributed by atoms with Crippen LogP contribution in [0.1, 0.15) is 38.5 Å². The van der Waals surface area contributed by atoms with Crippen LogP contribution in [0.15, 0.2) is 0 Å². The summed E-state index contributed by atoms with van der Waals surface area (Å²) in [4.78, 5) is 12.3. The molecule has 0 radical (unpaired) electrons. The molecular formula is C15H26N2O3. The molecular weight excluding hydrogens is 256 g/mol. The topological polar surface area (TPSA) is 59.6 Å². The lowest BCUT2D eigenvalue weighted by Crippen LogP contribution is -2.50. The second-order valence-electron chi connectivity index (χ2n) is 6.51. The number of hydrogen-bond donors (Lipinski definition) is 2. The zero-order valence-corrected chi connectivity index (χ0v) is 12.3. The summed E-state index contributed by atoms with van der Waals surface area (Å²) in [5, 5.41) is 6.58. The van der Waals surface area contributed by atoms with E-state index in [4.69, 9.17) is 9.47 Å². The monoisotopic (exact) mass is 282 g/mol. The first-order valence-corrected chi connectivity index (χ1v) is 7.89. The van der Waals surface area contributed by atoms with E-state index in [1.165, 1.54) is 25.7 Å². The maximum atomic E-state index is 12.3. The number of carbonyl (C=O) groups excluding carboxylic acids is 1. The van der Waals surface area contributed by atoms with Gasteiger partial charge in [0, 0.05) is 32.7 Å². The number of carbonyl (C=O) groups is 1. The van der Waals surface area contributed by atoms with Crippen LogP contribution in [-0.2, 0) is 14.3 Å². The average Bonchev–Trinajstić information content (AvgIpc) is 3.12. The molecule has 2 heterocycles. The van der Waals surface area contributed by atoms with Crippen molar-refractivity contribution in [3.63, 3.8) is 0 Å². The Morgan fingerprint density at radius 1 is 1.45 bits per heavy atom. The predicted octanol–water partition coefficient (Wildman–Crippen LogP) is 0.829. The SMILES string of the molecule is COC1(CNC(=O)C2CC3CCCCC3N2)CCOC1. The van der Waals surface area contributed by atoms with Crippen molar-refractivity contribution in [1.29, 1.82) is 0 Å². The van der Waals surface area contributed by atoms with E-state index in [0.29, 0.717) is 25.1 Å². The Kier molecular flexibility index (Phi) is 4.29. The third-order valence-electron chi connectivity index (χ3n) is 5.26. The molecule has 1 aliphatic carbocycles. The summed E-state index contributed by atoms with van der Waals surface area (Å²) in [7, 11) is 1.70. The summed E-state index contributed by atoms with van der Waals surface area (Å²) in [6.07, 6.45) is 6.97. The maximum absolute atomic E-state index is 12.3. The van der Waals surface area contributed by atoms with Crippen molar-refractivity contribution in [2.45, 2.75) is 56.2 Å². The highest BCUT2D eigenvalue weighted by Gasteiger charge is 2.40. The summed E-state index contributed by atoms with van der Waals surface area (Å²) in [6.45, 7) is 1.85. The Morgan fingerprint density at radius 2 is 2.30 bits per heavy atom. The van der Waals surface area contributed by atoms with Crippen LogP contribution < -0.4 is 10.6 Å². The van der Waals surface area contributed by atoms with E-state index in [1.54, 1.807) is 7.11 Å². The lowest BCUT2D eigenvalue weighted by molar-refractivity contribution is -0.124. The Labute approximate surface area is 120 Å². The van der Waals surface area contributed by atoms with Crippen LogP contribution >= 0.6 is 0 Å². The molecule has 1 amide bonds. The molecule has 0 aromatic rings.